The molecule has 2 aliphatic rings. The predicted octanol–water partition coefficient (Wildman–Crippen LogP) is 2.14. The van der Waals surface area contributed by atoms with E-state index >= 15 is 0 Å². The molecule has 124 valence electrons. The second kappa shape index (κ2) is 7.40. The van der Waals surface area contributed by atoms with E-state index in [1.165, 1.54) is 19.4 Å². The van der Waals surface area contributed by atoms with Gasteiger partial charge in [0.2, 0.25) is 0 Å². The monoisotopic (exact) mass is 298 g/mol. The highest BCUT2D eigenvalue weighted by atomic mass is 16.5. The lowest BCUT2D eigenvalue weighted by molar-refractivity contribution is -0.102. The molecule has 0 atom stereocenters. The average Bonchev–Trinajstić information content (AvgIpc) is 2.38. The molecule has 0 aliphatic carbocycles. The first-order valence-corrected chi connectivity index (χ1v) is 8.56. The van der Waals surface area contributed by atoms with Crippen molar-refractivity contribution >= 4 is 0 Å². The second-order valence-corrected chi connectivity index (χ2v) is 7.96. The molecule has 2 aliphatic heterocycles. The summed E-state index contributed by atoms with van der Waals surface area (Å²) < 4.78 is 11.5. The lowest BCUT2D eigenvalue weighted by atomic mass is 9.79. The second-order valence-electron chi connectivity index (χ2n) is 7.96. The quantitative estimate of drug-likeness (QED) is 0.814. The molecule has 0 spiro atoms. The number of hydrogen-bond acceptors (Lipinski definition) is 4. The smallest absolute Gasteiger partial charge is 0.0753 e. The number of ether oxygens (including phenoxy) is 2. The van der Waals surface area contributed by atoms with Gasteiger partial charge in [0.15, 0.2) is 0 Å². The van der Waals surface area contributed by atoms with Crippen LogP contribution in [0, 0.1) is 11.3 Å². The van der Waals surface area contributed by atoms with E-state index in [2.05, 4.69) is 37.9 Å². The lowest BCUT2D eigenvalue weighted by Crippen LogP contribution is -2.54. The summed E-state index contributed by atoms with van der Waals surface area (Å²) in [6.07, 6.45) is 2.35. The van der Waals surface area contributed by atoms with Gasteiger partial charge in [-0.25, -0.2) is 0 Å². The van der Waals surface area contributed by atoms with E-state index in [1.807, 2.05) is 0 Å². The van der Waals surface area contributed by atoms with Crippen molar-refractivity contribution in [1.82, 2.24) is 10.2 Å². The summed E-state index contributed by atoms with van der Waals surface area (Å²) in [7, 11) is 0. The minimum absolute atomic E-state index is 0.00400. The molecule has 0 bridgehead atoms. The molecule has 21 heavy (non-hydrogen) atoms. The van der Waals surface area contributed by atoms with Crippen molar-refractivity contribution < 1.29 is 9.47 Å². The first kappa shape index (κ1) is 17.2. The number of nitrogens with zero attached hydrogens (tertiary/aromatic N) is 1. The van der Waals surface area contributed by atoms with Crippen molar-refractivity contribution in [1.29, 1.82) is 0 Å². The maximum absolute atomic E-state index is 5.85. The Labute approximate surface area is 130 Å². The summed E-state index contributed by atoms with van der Waals surface area (Å²) >= 11 is 0. The van der Waals surface area contributed by atoms with Gasteiger partial charge in [-0.05, 0) is 44.6 Å². The largest absolute Gasteiger partial charge is 0.381 e. The van der Waals surface area contributed by atoms with Crippen LogP contribution in [0.4, 0.5) is 0 Å². The van der Waals surface area contributed by atoms with Crippen LogP contribution in [0.5, 0.6) is 0 Å². The number of nitrogens with one attached hydrogen (secondary N) is 1. The van der Waals surface area contributed by atoms with Crippen LogP contribution in [0.2, 0.25) is 0 Å². The van der Waals surface area contributed by atoms with Crippen LogP contribution in [0.1, 0.15) is 40.5 Å². The van der Waals surface area contributed by atoms with Gasteiger partial charge in [0.25, 0.3) is 0 Å². The van der Waals surface area contributed by atoms with Gasteiger partial charge in [0.1, 0.15) is 0 Å². The topological polar surface area (TPSA) is 33.7 Å². The molecule has 0 amide bonds. The minimum atomic E-state index is -0.00400. The Bertz CT molecular complexity index is 312. The van der Waals surface area contributed by atoms with Gasteiger partial charge in [-0.2, -0.15) is 0 Å². The highest BCUT2D eigenvalue weighted by molar-refractivity contribution is 4.90. The standard InChI is InChI=1S/C17H34N2O2/c1-15(2)11-18-12-17(5-8-20-9-6-17)14-19-7-10-21-16(3,4)13-19/h15,18H,5-14H2,1-4H3. The molecule has 2 saturated heterocycles. The zero-order chi connectivity index (χ0) is 15.3. The molecule has 0 aromatic heterocycles. The van der Waals surface area contributed by atoms with Gasteiger partial charge in [-0.1, -0.05) is 13.8 Å². The van der Waals surface area contributed by atoms with E-state index in [0.29, 0.717) is 11.3 Å². The van der Waals surface area contributed by atoms with E-state index in [1.54, 1.807) is 0 Å². The molecular weight excluding hydrogens is 264 g/mol. The molecular formula is C17H34N2O2. The van der Waals surface area contributed by atoms with Crippen LogP contribution in [0.3, 0.4) is 0 Å². The first-order valence-electron chi connectivity index (χ1n) is 8.56. The van der Waals surface area contributed by atoms with Gasteiger partial charge in [-0.3, -0.25) is 4.90 Å². The highest BCUT2D eigenvalue weighted by Gasteiger charge is 2.37. The fourth-order valence-electron chi connectivity index (χ4n) is 3.54. The first-order chi connectivity index (χ1) is 9.91. The molecule has 2 rings (SSSR count). The van der Waals surface area contributed by atoms with E-state index < -0.39 is 0 Å². The van der Waals surface area contributed by atoms with E-state index in [4.69, 9.17) is 9.47 Å². The maximum atomic E-state index is 5.85. The third-order valence-electron chi connectivity index (χ3n) is 4.67. The zero-order valence-electron chi connectivity index (χ0n) is 14.4. The van der Waals surface area contributed by atoms with Crippen LogP contribution in [-0.2, 0) is 9.47 Å². The predicted molar refractivity (Wildman–Crippen MR) is 86.7 cm³/mol. The zero-order valence-corrected chi connectivity index (χ0v) is 14.4. The molecule has 0 radical (unpaired) electrons. The van der Waals surface area contributed by atoms with Crippen molar-refractivity contribution in [2.45, 2.75) is 46.1 Å². The van der Waals surface area contributed by atoms with Crippen molar-refractivity contribution in [2.75, 3.05) is 52.5 Å². The number of rotatable bonds is 6. The normalized spacial score (nSPS) is 26.1. The summed E-state index contributed by atoms with van der Waals surface area (Å²) in [6.45, 7) is 17.1. The van der Waals surface area contributed by atoms with Crippen LogP contribution >= 0.6 is 0 Å². The highest BCUT2D eigenvalue weighted by Crippen LogP contribution is 2.32. The summed E-state index contributed by atoms with van der Waals surface area (Å²) in [5.74, 6) is 0.712. The third kappa shape index (κ3) is 5.51. The van der Waals surface area contributed by atoms with Gasteiger partial charge >= 0.3 is 0 Å². The Hall–Kier alpha value is -0.160. The number of morpholine rings is 1. The molecule has 2 fully saturated rings. The Morgan fingerprint density at radius 3 is 2.48 bits per heavy atom. The van der Waals surface area contributed by atoms with Gasteiger partial charge in [0, 0.05) is 39.4 Å². The minimum Gasteiger partial charge on any atom is -0.381 e. The van der Waals surface area contributed by atoms with Crippen LogP contribution in [-0.4, -0.2) is 63.0 Å². The molecule has 0 saturated carbocycles. The fourth-order valence-corrected chi connectivity index (χ4v) is 3.54. The summed E-state index contributed by atoms with van der Waals surface area (Å²) in [4.78, 5) is 2.60. The Kier molecular flexibility index (Phi) is 6.06. The fraction of sp³-hybridized carbons (Fsp3) is 1.00. The van der Waals surface area contributed by atoms with Gasteiger partial charge < -0.3 is 14.8 Å². The van der Waals surface area contributed by atoms with Crippen LogP contribution in [0.25, 0.3) is 0 Å². The van der Waals surface area contributed by atoms with Gasteiger partial charge in [0.05, 0.1) is 12.2 Å². The van der Waals surface area contributed by atoms with Crippen LogP contribution in [0.15, 0.2) is 0 Å². The average molecular weight is 298 g/mol. The Morgan fingerprint density at radius 2 is 1.86 bits per heavy atom. The molecule has 1 N–H and O–H groups in total. The lowest BCUT2D eigenvalue weighted by Gasteiger charge is -2.45. The number of hydrogen-bond donors (Lipinski definition) is 1. The SMILES string of the molecule is CC(C)CNCC1(CN2CCOC(C)(C)C2)CCOCC1. The summed E-state index contributed by atoms with van der Waals surface area (Å²) in [6, 6.07) is 0. The van der Waals surface area contributed by atoms with Crippen molar-refractivity contribution in [3.63, 3.8) is 0 Å². The molecule has 4 heteroatoms. The van der Waals surface area contributed by atoms with Crippen molar-refractivity contribution in [3.05, 3.63) is 0 Å². The van der Waals surface area contributed by atoms with E-state index in [9.17, 15) is 0 Å². The summed E-state index contributed by atoms with van der Waals surface area (Å²) in [5, 5.41) is 3.69. The van der Waals surface area contributed by atoms with Gasteiger partial charge in [-0.15, -0.1) is 0 Å². The molecule has 0 aromatic carbocycles. The Balaban J connectivity index is 1.92. The third-order valence-corrected chi connectivity index (χ3v) is 4.67. The van der Waals surface area contributed by atoms with E-state index in [-0.39, 0.29) is 5.60 Å². The van der Waals surface area contributed by atoms with Crippen molar-refractivity contribution in [3.8, 4) is 0 Å². The molecule has 2 heterocycles. The summed E-state index contributed by atoms with van der Waals surface area (Å²) in [5.41, 5.74) is 0.372. The van der Waals surface area contributed by atoms with E-state index in [0.717, 1.165) is 46.0 Å². The van der Waals surface area contributed by atoms with Crippen LogP contribution < -0.4 is 5.32 Å². The van der Waals surface area contributed by atoms with Crippen molar-refractivity contribution in [2.24, 2.45) is 11.3 Å². The Morgan fingerprint density at radius 1 is 1.14 bits per heavy atom. The molecule has 4 nitrogen and oxygen atoms in total. The molecule has 0 unspecified atom stereocenters. The molecule has 0 aromatic rings. The maximum Gasteiger partial charge on any atom is 0.0753 e.